The van der Waals surface area contributed by atoms with Crippen molar-refractivity contribution in [3.63, 3.8) is 0 Å². The van der Waals surface area contributed by atoms with Crippen LogP contribution in [0.25, 0.3) is 0 Å². The number of halogens is 1. The van der Waals surface area contributed by atoms with Gasteiger partial charge < -0.3 is 4.74 Å². The molecule has 0 aliphatic carbocycles. The summed E-state index contributed by atoms with van der Waals surface area (Å²) in [7, 11) is 0. The maximum absolute atomic E-state index is 13.5. The van der Waals surface area contributed by atoms with Crippen LogP contribution in [0.1, 0.15) is 31.7 Å². The standard InChI is InChI=1S/C19H19FN2O4/c1-2-3-11-26-19(23)13-18(14-5-4-6-15(20)12-14)21-16-7-9-17(10-8-16)22(24)25/h4-10,12H,2-3,11,13H2,1H3. The highest BCUT2D eigenvalue weighted by Crippen LogP contribution is 2.20. The van der Waals surface area contributed by atoms with Gasteiger partial charge in [0.1, 0.15) is 5.82 Å². The normalized spacial score (nSPS) is 11.2. The Bertz CT molecular complexity index is 803. The van der Waals surface area contributed by atoms with E-state index >= 15 is 0 Å². The number of hydrogen-bond acceptors (Lipinski definition) is 5. The topological polar surface area (TPSA) is 81.8 Å². The number of carbonyl (C=O) groups is 1. The van der Waals surface area contributed by atoms with Gasteiger partial charge in [-0.3, -0.25) is 19.9 Å². The van der Waals surface area contributed by atoms with Crippen LogP contribution in [-0.2, 0) is 9.53 Å². The monoisotopic (exact) mass is 358 g/mol. The number of unbranched alkanes of at least 4 members (excludes halogenated alkanes) is 1. The van der Waals surface area contributed by atoms with Gasteiger partial charge in [-0.05, 0) is 36.2 Å². The molecule has 7 heteroatoms. The fourth-order valence-corrected chi connectivity index (χ4v) is 2.20. The van der Waals surface area contributed by atoms with E-state index in [1.165, 1.54) is 42.5 Å². The van der Waals surface area contributed by atoms with E-state index in [1.807, 2.05) is 6.92 Å². The van der Waals surface area contributed by atoms with Crippen LogP contribution in [0.2, 0.25) is 0 Å². The van der Waals surface area contributed by atoms with Crippen molar-refractivity contribution >= 4 is 23.1 Å². The molecule has 0 heterocycles. The third-order valence-electron chi connectivity index (χ3n) is 3.56. The van der Waals surface area contributed by atoms with Crippen LogP contribution in [0, 0.1) is 15.9 Å². The minimum absolute atomic E-state index is 0.0600. The van der Waals surface area contributed by atoms with Crippen molar-refractivity contribution in [2.24, 2.45) is 4.99 Å². The summed E-state index contributed by atoms with van der Waals surface area (Å²) in [5, 5.41) is 10.7. The second-order valence-corrected chi connectivity index (χ2v) is 5.59. The van der Waals surface area contributed by atoms with Crippen molar-refractivity contribution in [2.75, 3.05) is 6.61 Å². The van der Waals surface area contributed by atoms with Crippen LogP contribution in [-0.4, -0.2) is 23.2 Å². The number of aliphatic imine (C=N–C) groups is 1. The average molecular weight is 358 g/mol. The molecule has 0 aromatic heterocycles. The third-order valence-corrected chi connectivity index (χ3v) is 3.56. The predicted molar refractivity (Wildman–Crippen MR) is 96.2 cm³/mol. The van der Waals surface area contributed by atoms with Crippen molar-refractivity contribution in [1.29, 1.82) is 0 Å². The number of nitro groups is 1. The third kappa shape index (κ3) is 5.77. The Morgan fingerprint density at radius 1 is 1.23 bits per heavy atom. The molecule has 0 radical (unpaired) electrons. The molecule has 0 atom stereocenters. The molecule has 26 heavy (non-hydrogen) atoms. The van der Waals surface area contributed by atoms with Gasteiger partial charge in [0.2, 0.25) is 0 Å². The summed E-state index contributed by atoms with van der Waals surface area (Å²) in [6.07, 6.45) is 1.55. The smallest absolute Gasteiger partial charge is 0.311 e. The number of non-ortho nitro benzene ring substituents is 1. The quantitative estimate of drug-likeness (QED) is 0.227. The van der Waals surface area contributed by atoms with Crippen molar-refractivity contribution in [2.45, 2.75) is 26.2 Å². The van der Waals surface area contributed by atoms with Crippen molar-refractivity contribution < 1.29 is 18.8 Å². The van der Waals surface area contributed by atoms with Crippen LogP contribution in [0.3, 0.4) is 0 Å². The lowest BCUT2D eigenvalue weighted by atomic mass is 10.1. The molecule has 0 unspecified atom stereocenters. The molecule has 0 bridgehead atoms. The van der Waals surface area contributed by atoms with Crippen LogP contribution in [0.4, 0.5) is 15.8 Å². The van der Waals surface area contributed by atoms with Gasteiger partial charge >= 0.3 is 5.97 Å². The number of hydrogen-bond donors (Lipinski definition) is 0. The molecular weight excluding hydrogens is 339 g/mol. The fourth-order valence-electron chi connectivity index (χ4n) is 2.20. The molecule has 0 N–H and O–H groups in total. The molecule has 0 aliphatic heterocycles. The van der Waals surface area contributed by atoms with Gasteiger partial charge in [-0.25, -0.2) is 4.39 Å². The number of esters is 1. The van der Waals surface area contributed by atoms with E-state index in [9.17, 15) is 19.3 Å². The second-order valence-electron chi connectivity index (χ2n) is 5.59. The highest BCUT2D eigenvalue weighted by atomic mass is 19.1. The Morgan fingerprint density at radius 3 is 2.58 bits per heavy atom. The van der Waals surface area contributed by atoms with E-state index < -0.39 is 16.7 Å². The van der Waals surface area contributed by atoms with E-state index in [0.29, 0.717) is 23.6 Å². The van der Waals surface area contributed by atoms with Crippen molar-refractivity contribution in [3.05, 3.63) is 70.0 Å². The minimum Gasteiger partial charge on any atom is -0.465 e. The van der Waals surface area contributed by atoms with Gasteiger partial charge in [-0.1, -0.05) is 25.5 Å². The SMILES string of the molecule is CCCCOC(=O)CC(=Nc1ccc([N+](=O)[O-])cc1)c1cccc(F)c1. The molecular formula is C19H19FN2O4. The van der Waals surface area contributed by atoms with Gasteiger partial charge in [0.05, 0.1) is 29.4 Å². The maximum atomic E-state index is 13.5. The van der Waals surface area contributed by atoms with Gasteiger partial charge in [-0.2, -0.15) is 0 Å². The number of benzene rings is 2. The Labute approximate surface area is 150 Å². The van der Waals surface area contributed by atoms with E-state index in [4.69, 9.17) is 4.74 Å². The minimum atomic E-state index is -0.508. The highest BCUT2D eigenvalue weighted by Gasteiger charge is 2.13. The molecule has 136 valence electrons. The Balaban J connectivity index is 2.27. The van der Waals surface area contributed by atoms with Crippen molar-refractivity contribution in [1.82, 2.24) is 0 Å². The molecule has 6 nitrogen and oxygen atoms in total. The molecule has 0 amide bonds. The van der Waals surface area contributed by atoms with E-state index in [2.05, 4.69) is 4.99 Å². The van der Waals surface area contributed by atoms with E-state index in [1.54, 1.807) is 6.07 Å². The molecule has 0 aliphatic rings. The maximum Gasteiger partial charge on any atom is 0.311 e. The van der Waals surface area contributed by atoms with Gasteiger partial charge in [0.15, 0.2) is 0 Å². The number of nitro benzene ring substituents is 1. The van der Waals surface area contributed by atoms with Gasteiger partial charge in [0, 0.05) is 12.1 Å². The molecule has 0 saturated heterocycles. The first-order valence-corrected chi connectivity index (χ1v) is 8.23. The first-order valence-electron chi connectivity index (χ1n) is 8.23. The van der Waals surface area contributed by atoms with Gasteiger partial charge in [0.25, 0.3) is 5.69 Å². The Kier molecular flexibility index (Phi) is 6.96. The molecule has 0 spiro atoms. The number of rotatable bonds is 8. The number of nitrogens with zero attached hydrogens (tertiary/aromatic N) is 2. The van der Waals surface area contributed by atoms with Crippen LogP contribution < -0.4 is 0 Å². The Morgan fingerprint density at radius 2 is 1.96 bits per heavy atom. The molecule has 2 aromatic carbocycles. The summed E-state index contributed by atoms with van der Waals surface area (Å²) in [6.45, 7) is 2.31. The molecule has 2 aromatic rings. The lowest BCUT2D eigenvalue weighted by molar-refractivity contribution is -0.384. The van der Waals surface area contributed by atoms with Crippen LogP contribution >= 0.6 is 0 Å². The predicted octanol–water partition coefficient (Wildman–Crippen LogP) is 4.59. The number of ether oxygens (including phenoxy) is 1. The van der Waals surface area contributed by atoms with Crippen LogP contribution in [0.5, 0.6) is 0 Å². The number of carbonyl (C=O) groups excluding carboxylic acids is 1. The largest absolute Gasteiger partial charge is 0.465 e. The van der Waals surface area contributed by atoms with E-state index in [0.717, 1.165) is 12.8 Å². The zero-order valence-electron chi connectivity index (χ0n) is 14.4. The summed E-state index contributed by atoms with van der Waals surface area (Å²) >= 11 is 0. The summed E-state index contributed by atoms with van der Waals surface area (Å²) in [5.74, 6) is -0.901. The van der Waals surface area contributed by atoms with Crippen molar-refractivity contribution in [3.8, 4) is 0 Å². The summed E-state index contributed by atoms with van der Waals surface area (Å²) in [6, 6.07) is 11.3. The molecule has 0 fully saturated rings. The van der Waals surface area contributed by atoms with Crippen LogP contribution in [0.15, 0.2) is 53.5 Å². The average Bonchev–Trinajstić information content (AvgIpc) is 2.62. The lowest BCUT2D eigenvalue weighted by Crippen LogP contribution is -2.13. The van der Waals surface area contributed by atoms with Gasteiger partial charge in [-0.15, -0.1) is 0 Å². The summed E-state index contributed by atoms with van der Waals surface area (Å²) in [4.78, 5) is 26.6. The van der Waals surface area contributed by atoms with E-state index in [-0.39, 0.29) is 12.1 Å². The summed E-state index contributed by atoms with van der Waals surface area (Å²) < 4.78 is 18.7. The fraction of sp³-hybridized carbons (Fsp3) is 0.263. The lowest BCUT2D eigenvalue weighted by Gasteiger charge is -2.08. The first kappa shape index (κ1) is 19.2. The molecule has 0 saturated carbocycles. The Hall–Kier alpha value is -3.09. The molecule has 2 rings (SSSR count). The zero-order chi connectivity index (χ0) is 18.9. The first-order chi connectivity index (χ1) is 12.5. The highest BCUT2D eigenvalue weighted by molar-refractivity contribution is 6.10. The zero-order valence-corrected chi connectivity index (χ0v) is 14.4. The second kappa shape index (κ2) is 9.41. The summed E-state index contributed by atoms with van der Waals surface area (Å²) in [5.41, 5.74) is 1.15.